The number of hydrogen-bond acceptors (Lipinski definition) is 6. The summed E-state index contributed by atoms with van der Waals surface area (Å²) in [6, 6.07) is 15.6. The largest absolute Gasteiger partial charge is 0.395 e. The number of carbonyl (C=O) groups excluding carboxylic acids is 3. The van der Waals surface area contributed by atoms with Gasteiger partial charge in [0, 0.05) is 34.4 Å². The van der Waals surface area contributed by atoms with Gasteiger partial charge in [-0.3, -0.25) is 19.3 Å². The monoisotopic (exact) mass is 502 g/mol. The Morgan fingerprint density at radius 1 is 1.06 bits per heavy atom. The smallest absolute Gasteiger partial charge is 0.273 e. The molecule has 184 valence electrons. The number of rotatable bonds is 7. The van der Waals surface area contributed by atoms with E-state index in [0.29, 0.717) is 11.3 Å². The lowest BCUT2D eigenvalue weighted by Gasteiger charge is -2.31. The maximum atomic E-state index is 14.1. The van der Waals surface area contributed by atoms with Gasteiger partial charge in [0.25, 0.3) is 11.8 Å². The lowest BCUT2D eigenvalue weighted by Crippen LogP contribution is -2.46. The zero-order chi connectivity index (χ0) is 25.2. The lowest BCUT2D eigenvalue weighted by atomic mass is 10.0. The summed E-state index contributed by atoms with van der Waals surface area (Å²) in [7, 11) is 0. The normalized spacial score (nSPS) is 14.6. The Kier molecular flexibility index (Phi) is 6.43. The van der Waals surface area contributed by atoms with Crippen LogP contribution in [0.1, 0.15) is 57.4 Å². The molecule has 1 saturated carbocycles. The summed E-state index contributed by atoms with van der Waals surface area (Å²) < 4.78 is 4.00. The minimum atomic E-state index is -1.00. The number of para-hydroxylation sites is 2. The number of nitrogens with two attached hydrogens (primary N) is 2. The van der Waals surface area contributed by atoms with E-state index in [9.17, 15) is 14.4 Å². The number of nitrogen functional groups attached to an aromatic ring is 1. The molecule has 36 heavy (non-hydrogen) atoms. The number of anilines is 2. The lowest BCUT2D eigenvalue weighted by molar-refractivity contribution is -0.123. The van der Waals surface area contributed by atoms with E-state index in [2.05, 4.69) is 14.7 Å². The van der Waals surface area contributed by atoms with E-state index in [4.69, 9.17) is 11.5 Å². The van der Waals surface area contributed by atoms with E-state index in [1.807, 2.05) is 30.3 Å². The fourth-order valence-corrected chi connectivity index (χ4v) is 5.52. The molecule has 2 aromatic carbocycles. The molecule has 6 N–H and O–H groups in total. The van der Waals surface area contributed by atoms with Crippen molar-refractivity contribution in [3.8, 4) is 0 Å². The van der Waals surface area contributed by atoms with E-state index in [0.717, 1.165) is 48.1 Å². The standard InChI is InChI=1S/C26H26N6O3S/c27-20-21(24(28)33)31-36-23(20)26(35)32(16-10-2-1-3-11-16)22(25(34)30-15-8-4-5-9-15)18-14-29-19-13-7-6-12-17(18)19/h1-3,6-7,10-15,22,29H,4-5,8-9,27H2,(H2,28,33)(H,30,34). The second-order valence-corrected chi connectivity index (χ2v) is 9.60. The zero-order valence-electron chi connectivity index (χ0n) is 19.4. The van der Waals surface area contributed by atoms with E-state index in [-0.39, 0.29) is 28.2 Å². The molecule has 2 heterocycles. The van der Waals surface area contributed by atoms with Crippen molar-refractivity contribution in [1.82, 2.24) is 14.7 Å². The Morgan fingerprint density at radius 3 is 2.44 bits per heavy atom. The highest BCUT2D eigenvalue weighted by Crippen LogP contribution is 2.36. The van der Waals surface area contributed by atoms with Gasteiger partial charge < -0.3 is 21.8 Å². The number of aromatic nitrogens is 2. The number of primary amides is 1. The molecule has 9 nitrogen and oxygen atoms in total. The molecule has 0 aliphatic heterocycles. The Labute approximate surface area is 211 Å². The molecule has 0 spiro atoms. The van der Waals surface area contributed by atoms with Crippen molar-refractivity contribution < 1.29 is 14.4 Å². The molecule has 5 rings (SSSR count). The minimum Gasteiger partial charge on any atom is -0.395 e. The number of carbonyl (C=O) groups is 3. The van der Waals surface area contributed by atoms with Gasteiger partial charge in [0.05, 0.1) is 5.69 Å². The third kappa shape index (κ3) is 4.31. The maximum Gasteiger partial charge on any atom is 0.273 e. The van der Waals surface area contributed by atoms with Gasteiger partial charge in [0.15, 0.2) is 5.69 Å². The van der Waals surface area contributed by atoms with Gasteiger partial charge in [0.2, 0.25) is 5.91 Å². The van der Waals surface area contributed by atoms with Gasteiger partial charge in [-0.05, 0) is 42.6 Å². The molecule has 1 fully saturated rings. The second-order valence-electron chi connectivity index (χ2n) is 8.83. The van der Waals surface area contributed by atoms with E-state index >= 15 is 0 Å². The molecule has 0 saturated heterocycles. The summed E-state index contributed by atoms with van der Waals surface area (Å²) in [4.78, 5) is 44.5. The predicted octanol–water partition coefficient (Wildman–Crippen LogP) is 3.75. The molecular formula is C26H26N6O3S. The average molecular weight is 503 g/mol. The summed E-state index contributed by atoms with van der Waals surface area (Å²) >= 11 is 0.792. The van der Waals surface area contributed by atoms with Crippen molar-refractivity contribution in [2.75, 3.05) is 10.6 Å². The molecule has 2 aromatic heterocycles. The molecule has 0 radical (unpaired) electrons. The van der Waals surface area contributed by atoms with Gasteiger partial charge in [-0.1, -0.05) is 49.2 Å². The number of nitrogens with zero attached hydrogens (tertiary/aromatic N) is 2. The average Bonchev–Trinajstić information content (AvgIpc) is 3.63. The predicted molar refractivity (Wildman–Crippen MR) is 140 cm³/mol. The number of fused-ring (bicyclic) bond motifs is 1. The summed E-state index contributed by atoms with van der Waals surface area (Å²) in [5.74, 6) is -1.65. The topological polar surface area (TPSA) is 147 Å². The van der Waals surface area contributed by atoms with E-state index < -0.39 is 17.9 Å². The van der Waals surface area contributed by atoms with Crippen LogP contribution < -0.4 is 21.7 Å². The van der Waals surface area contributed by atoms with Gasteiger partial charge in [-0.15, -0.1) is 0 Å². The summed E-state index contributed by atoms with van der Waals surface area (Å²) in [6.07, 6.45) is 5.66. The Hall–Kier alpha value is -4.18. The fourth-order valence-electron chi connectivity index (χ4n) is 4.78. The summed E-state index contributed by atoms with van der Waals surface area (Å²) in [6.45, 7) is 0. The number of nitrogens with one attached hydrogen (secondary N) is 2. The zero-order valence-corrected chi connectivity index (χ0v) is 20.3. The molecule has 10 heteroatoms. The van der Waals surface area contributed by atoms with Crippen LogP contribution in [0.5, 0.6) is 0 Å². The Morgan fingerprint density at radius 2 is 1.75 bits per heavy atom. The quantitative estimate of drug-likeness (QED) is 0.304. The number of amides is 3. The van der Waals surface area contributed by atoms with E-state index in [1.54, 1.807) is 30.5 Å². The highest BCUT2D eigenvalue weighted by Gasteiger charge is 2.38. The highest BCUT2D eigenvalue weighted by atomic mass is 32.1. The van der Waals surface area contributed by atoms with Crippen molar-refractivity contribution in [3.05, 3.63) is 76.9 Å². The number of benzene rings is 2. The summed E-state index contributed by atoms with van der Waals surface area (Å²) in [5, 5.41) is 3.99. The van der Waals surface area contributed by atoms with Crippen LogP contribution in [0.4, 0.5) is 11.4 Å². The van der Waals surface area contributed by atoms with Crippen molar-refractivity contribution >= 4 is 51.5 Å². The van der Waals surface area contributed by atoms with Crippen molar-refractivity contribution in [1.29, 1.82) is 0 Å². The van der Waals surface area contributed by atoms with Gasteiger partial charge >= 0.3 is 0 Å². The third-order valence-corrected chi connectivity index (χ3v) is 7.38. The van der Waals surface area contributed by atoms with Crippen LogP contribution in [0.15, 0.2) is 60.8 Å². The van der Waals surface area contributed by atoms with E-state index in [1.165, 1.54) is 4.90 Å². The fraction of sp³-hybridized carbons (Fsp3) is 0.231. The van der Waals surface area contributed by atoms with Crippen LogP contribution in [0.3, 0.4) is 0 Å². The first-order valence-corrected chi connectivity index (χ1v) is 12.5. The van der Waals surface area contributed by atoms with Crippen molar-refractivity contribution in [2.24, 2.45) is 5.73 Å². The van der Waals surface area contributed by atoms with Crippen LogP contribution in [0.2, 0.25) is 0 Å². The van der Waals surface area contributed by atoms with Crippen LogP contribution in [-0.4, -0.2) is 33.1 Å². The van der Waals surface area contributed by atoms with Crippen molar-refractivity contribution in [3.63, 3.8) is 0 Å². The Balaban J connectivity index is 1.67. The number of hydrogen-bond donors (Lipinski definition) is 4. The maximum absolute atomic E-state index is 14.1. The van der Waals surface area contributed by atoms with Gasteiger partial charge in [0.1, 0.15) is 10.9 Å². The molecule has 1 aliphatic rings. The first-order valence-electron chi connectivity index (χ1n) is 11.8. The first-order chi connectivity index (χ1) is 17.5. The van der Waals surface area contributed by atoms with Crippen LogP contribution in [0, 0.1) is 0 Å². The highest BCUT2D eigenvalue weighted by molar-refractivity contribution is 7.09. The SMILES string of the molecule is NC(=O)c1nsc(C(=O)N(c2ccccc2)C(C(=O)NC2CCCC2)c2c[nH]c3ccccc23)c1N. The van der Waals surface area contributed by atoms with Gasteiger partial charge in [-0.2, -0.15) is 4.37 Å². The molecular weight excluding hydrogens is 476 g/mol. The second kappa shape index (κ2) is 9.82. The van der Waals surface area contributed by atoms with Crippen molar-refractivity contribution in [2.45, 2.75) is 37.8 Å². The molecule has 0 bridgehead atoms. The number of aromatic amines is 1. The summed E-state index contributed by atoms with van der Waals surface area (Å²) in [5.41, 5.74) is 13.3. The minimum absolute atomic E-state index is 0.0474. The number of H-pyrrole nitrogens is 1. The van der Waals surface area contributed by atoms with Crippen LogP contribution in [0.25, 0.3) is 10.9 Å². The molecule has 1 unspecified atom stereocenters. The van der Waals surface area contributed by atoms with Crippen LogP contribution >= 0.6 is 11.5 Å². The molecule has 4 aromatic rings. The van der Waals surface area contributed by atoms with Gasteiger partial charge in [-0.25, -0.2) is 0 Å². The Bertz CT molecular complexity index is 1420. The van der Waals surface area contributed by atoms with Crippen LogP contribution in [-0.2, 0) is 4.79 Å². The molecule has 1 atom stereocenters. The third-order valence-electron chi connectivity index (χ3n) is 6.53. The first kappa shape index (κ1) is 23.6. The molecule has 3 amide bonds. The molecule has 1 aliphatic carbocycles.